The number of carbonyl (C=O) groups excluding carboxylic acids is 1. The van der Waals surface area contributed by atoms with Crippen molar-refractivity contribution >= 4 is 11.6 Å². The van der Waals surface area contributed by atoms with E-state index in [4.69, 9.17) is 0 Å². The van der Waals surface area contributed by atoms with Crippen LogP contribution >= 0.6 is 0 Å². The van der Waals surface area contributed by atoms with Crippen molar-refractivity contribution in [2.75, 3.05) is 11.9 Å². The molecule has 3 heteroatoms. The standard InChI is InChI=1S/C15H22N2O/c1-15(2,3)11-7-4-5-8-12(11)17-14(18)13-9-6-10-16-13/h4-5,7-8,13,16H,6,9-10H2,1-3H3,(H,17,18). The number of benzene rings is 1. The van der Waals surface area contributed by atoms with Crippen LogP contribution in [0.5, 0.6) is 0 Å². The van der Waals surface area contributed by atoms with Gasteiger partial charge in [-0.15, -0.1) is 0 Å². The summed E-state index contributed by atoms with van der Waals surface area (Å²) in [6.07, 6.45) is 2.02. The van der Waals surface area contributed by atoms with E-state index in [2.05, 4.69) is 37.5 Å². The second-order valence-electron chi connectivity index (χ2n) is 5.93. The van der Waals surface area contributed by atoms with Crippen LogP contribution in [0.15, 0.2) is 24.3 Å². The van der Waals surface area contributed by atoms with E-state index in [1.807, 2.05) is 18.2 Å². The van der Waals surface area contributed by atoms with Crippen LogP contribution in [0.25, 0.3) is 0 Å². The highest BCUT2D eigenvalue weighted by atomic mass is 16.2. The lowest BCUT2D eigenvalue weighted by atomic mass is 9.86. The van der Waals surface area contributed by atoms with Gasteiger partial charge in [-0.25, -0.2) is 0 Å². The lowest BCUT2D eigenvalue weighted by Gasteiger charge is -2.23. The number of hydrogen-bond donors (Lipinski definition) is 2. The van der Waals surface area contributed by atoms with Crippen LogP contribution in [0.2, 0.25) is 0 Å². The zero-order chi connectivity index (χ0) is 13.2. The van der Waals surface area contributed by atoms with Crippen LogP contribution in [0, 0.1) is 0 Å². The smallest absolute Gasteiger partial charge is 0.241 e. The van der Waals surface area contributed by atoms with Crippen molar-refractivity contribution in [3.8, 4) is 0 Å². The summed E-state index contributed by atoms with van der Waals surface area (Å²) in [5.41, 5.74) is 2.15. The highest BCUT2D eigenvalue weighted by Crippen LogP contribution is 2.29. The van der Waals surface area contributed by atoms with Crippen LogP contribution in [0.3, 0.4) is 0 Å². The molecule has 1 unspecified atom stereocenters. The van der Waals surface area contributed by atoms with E-state index in [0.717, 1.165) is 25.1 Å². The molecule has 1 aromatic rings. The first-order valence-corrected chi connectivity index (χ1v) is 6.62. The Kier molecular flexibility index (Phi) is 3.71. The number of rotatable bonds is 2. The van der Waals surface area contributed by atoms with Gasteiger partial charge >= 0.3 is 0 Å². The van der Waals surface area contributed by atoms with E-state index >= 15 is 0 Å². The minimum absolute atomic E-state index is 0.0296. The molecule has 1 aliphatic heterocycles. The maximum absolute atomic E-state index is 12.1. The fourth-order valence-corrected chi connectivity index (χ4v) is 2.37. The molecule has 1 saturated heterocycles. The van der Waals surface area contributed by atoms with Gasteiger partial charge in [0.25, 0.3) is 0 Å². The topological polar surface area (TPSA) is 41.1 Å². The molecule has 0 spiro atoms. The van der Waals surface area contributed by atoms with Crippen LogP contribution in [-0.2, 0) is 10.2 Å². The highest BCUT2D eigenvalue weighted by Gasteiger charge is 2.24. The second kappa shape index (κ2) is 5.11. The van der Waals surface area contributed by atoms with E-state index in [9.17, 15) is 4.79 Å². The molecule has 2 rings (SSSR count). The number of anilines is 1. The van der Waals surface area contributed by atoms with E-state index in [0.29, 0.717) is 0 Å². The van der Waals surface area contributed by atoms with E-state index in [1.165, 1.54) is 5.56 Å². The summed E-state index contributed by atoms with van der Waals surface area (Å²) in [7, 11) is 0. The molecule has 1 aromatic carbocycles. The highest BCUT2D eigenvalue weighted by molar-refractivity contribution is 5.95. The molecule has 1 fully saturated rings. The fraction of sp³-hybridized carbons (Fsp3) is 0.533. The van der Waals surface area contributed by atoms with Gasteiger partial charge in [0.2, 0.25) is 5.91 Å². The van der Waals surface area contributed by atoms with Crippen molar-refractivity contribution in [3.63, 3.8) is 0 Å². The number of carbonyl (C=O) groups is 1. The molecule has 1 heterocycles. The van der Waals surface area contributed by atoms with E-state index < -0.39 is 0 Å². The normalized spacial score (nSPS) is 19.8. The SMILES string of the molecule is CC(C)(C)c1ccccc1NC(=O)C1CCCN1. The Morgan fingerprint density at radius 1 is 1.33 bits per heavy atom. The molecule has 18 heavy (non-hydrogen) atoms. The van der Waals surface area contributed by atoms with Crippen molar-refractivity contribution < 1.29 is 4.79 Å². The molecule has 1 atom stereocenters. The first-order valence-electron chi connectivity index (χ1n) is 6.62. The summed E-state index contributed by atoms with van der Waals surface area (Å²) >= 11 is 0. The van der Waals surface area contributed by atoms with Crippen molar-refractivity contribution in [2.45, 2.75) is 45.1 Å². The third-order valence-electron chi connectivity index (χ3n) is 3.37. The molecular formula is C15H22N2O. The molecule has 1 amide bonds. The van der Waals surface area contributed by atoms with Crippen molar-refractivity contribution in [1.82, 2.24) is 5.32 Å². The lowest BCUT2D eigenvalue weighted by Crippen LogP contribution is -2.36. The van der Waals surface area contributed by atoms with Crippen LogP contribution in [-0.4, -0.2) is 18.5 Å². The van der Waals surface area contributed by atoms with Crippen LogP contribution in [0.1, 0.15) is 39.2 Å². The van der Waals surface area contributed by atoms with Gasteiger partial charge in [-0.05, 0) is 36.4 Å². The fourth-order valence-electron chi connectivity index (χ4n) is 2.37. The van der Waals surface area contributed by atoms with Gasteiger partial charge in [-0.1, -0.05) is 39.0 Å². The Balaban J connectivity index is 2.16. The van der Waals surface area contributed by atoms with Crippen molar-refractivity contribution in [2.24, 2.45) is 0 Å². The van der Waals surface area contributed by atoms with E-state index in [1.54, 1.807) is 0 Å². The van der Waals surface area contributed by atoms with Gasteiger partial charge in [-0.3, -0.25) is 4.79 Å². The number of nitrogens with one attached hydrogen (secondary N) is 2. The molecular weight excluding hydrogens is 224 g/mol. The average molecular weight is 246 g/mol. The van der Waals surface area contributed by atoms with Crippen molar-refractivity contribution in [3.05, 3.63) is 29.8 Å². The molecule has 98 valence electrons. The monoisotopic (exact) mass is 246 g/mol. The predicted octanol–water partition coefficient (Wildman–Crippen LogP) is 2.67. The van der Waals surface area contributed by atoms with Gasteiger partial charge in [0.05, 0.1) is 6.04 Å². The average Bonchev–Trinajstić information content (AvgIpc) is 2.81. The minimum Gasteiger partial charge on any atom is -0.324 e. The molecule has 0 aromatic heterocycles. The summed E-state index contributed by atoms with van der Waals surface area (Å²) in [5, 5.41) is 6.28. The second-order valence-corrected chi connectivity index (χ2v) is 5.93. The third kappa shape index (κ3) is 2.91. The zero-order valence-electron chi connectivity index (χ0n) is 11.4. The van der Waals surface area contributed by atoms with Crippen LogP contribution < -0.4 is 10.6 Å². The molecule has 2 N–H and O–H groups in total. The number of para-hydroxylation sites is 1. The van der Waals surface area contributed by atoms with Gasteiger partial charge in [0.15, 0.2) is 0 Å². The van der Waals surface area contributed by atoms with Gasteiger partial charge < -0.3 is 10.6 Å². The lowest BCUT2D eigenvalue weighted by molar-refractivity contribution is -0.117. The summed E-state index contributed by atoms with van der Waals surface area (Å²) in [4.78, 5) is 12.1. The summed E-state index contributed by atoms with van der Waals surface area (Å²) in [5.74, 6) is 0.0872. The molecule has 0 aliphatic carbocycles. The molecule has 3 nitrogen and oxygen atoms in total. The quantitative estimate of drug-likeness (QED) is 0.842. The maximum Gasteiger partial charge on any atom is 0.241 e. The van der Waals surface area contributed by atoms with Gasteiger partial charge in [0, 0.05) is 5.69 Å². The van der Waals surface area contributed by atoms with Crippen LogP contribution in [0.4, 0.5) is 5.69 Å². The zero-order valence-corrected chi connectivity index (χ0v) is 11.4. The first kappa shape index (κ1) is 13.1. The Bertz CT molecular complexity index is 428. The third-order valence-corrected chi connectivity index (χ3v) is 3.37. The largest absolute Gasteiger partial charge is 0.324 e. The molecule has 0 radical (unpaired) electrons. The summed E-state index contributed by atoms with van der Waals surface area (Å²) in [6.45, 7) is 7.42. The summed E-state index contributed by atoms with van der Waals surface area (Å²) in [6, 6.07) is 8.01. The molecule has 1 aliphatic rings. The Morgan fingerprint density at radius 3 is 2.67 bits per heavy atom. The molecule has 0 saturated carbocycles. The Labute approximate surface area is 109 Å². The Hall–Kier alpha value is -1.35. The molecule has 0 bridgehead atoms. The maximum atomic E-state index is 12.1. The summed E-state index contributed by atoms with van der Waals surface area (Å²) < 4.78 is 0. The predicted molar refractivity (Wildman–Crippen MR) is 74.8 cm³/mol. The van der Waals surface area contributed by atoms with Crippen molar-refractivity contribution in [1.29, 1.82) is 0 Å². The number of hydrogen-bond acceptors (Lipinski definition) is 2. The first-order chi connectivity index (χ1) is 8.48. The van der Waals surface area contributed by atoms with E-state index in [-0.39, 0.29) is 17.4 Å². The Morgan fingerprint density at radius 2 is 2.06 bits per heavy atom. The minimum atomic E-state index is -0.0296. The van der Waals surface area contributed by atoms with Gasteiger partial charge in [0.1, 0.15) is 0 Å². The van der Waals surface area contributed by atoms with Gasteiger partial charge in [-0.2, -0.15) is 0 Å². The number of amides is 1.